The van der Waals surface area contributed by atoms with Gasteiger partial charge < -0.3 is 10.1 Å². The molecule has 0 spiro atoms. The quantitative estimate of drug-likeness (QED) is 0.366. The van der Waals surface area contributed by atoms with Gasteiger partial charge >= 0.3 is 5.97 Å². The van der Waals surface area contributed by atoms with Crippen molar-refractivity contribution in [3.63, 3.8) is 0 Å². The van der Waals surface area contributed by atoms with Gasteiger partial charge in [-0.05, 0) is 50.1 Å². The predicted octanol–water partition coefficient (Wildman–Crippen LogP) is 2.62. The number of esters is 1. The van der Waals surface area contributed by atoms with Crippen molar-refractivity contribution in [3.05, 3.63) is 64.0 Å². The number of amides is 1. The Morgan fingerprint density at radius 1 is 1.24 bits per heavy atom. The Labute approximate surface area is 189 Å². The third-order valence-electron chi connectivity index (χ3n) is 5.20. The maximum absolute atomic E-state index is 13.1. The van der Waals surface area contributed by atoms with Crippen molar-refractivity contribution in [2.45, 2.75) is 24.7 Å². The first-order chi connectivity index (χ1) is 15.6. The summed E-state index contributed by atoms with van der Waals surface area (Å²) in [5, 5.41) is 13.4. The molecule has 1 aliphatic rings. The number of aryl methyl sites for hydroxylation is 1. The molecule has 1 saturated heterocycles. The summed E-state index contributed by atoms with van der Waals surface area (Å²) >= 11 is 0. The molecule has 176 valence electrons. The van der Waals surface area contributed by atoms with E-state index >= 15 is 0 Å². The lowest BCUT2D eigenvalue weighted by molar-refractivity contribution is -0.385. The van der Waals surface area contributed by atoms with Crippen LogP contribution in [0, 0.1) is 28.8 Å². The molecule has 1 amide bonds. The van der Waals surface area contributed by atoms with Gasteiger partial charge in [-0.2, -0.15) is 4.31 Å². The van der Waals surface area contributed by atoms with Crippen LogP contribution in [-0.4, -0.2) is 49.2 Å². The van der Waals surface area contributed by atoms with Gasteiger partial charge in [0.25, 0.3) is 11.6 Å². The number of nitrogens with zero attached hydrogens (tertiary/aromatic N) is 2. The highest BCUT2D eigenvalue weighted by atomic mass is 32.2. The van der Waals surface area contributed by atoms with E-state index in [4.69, 9.17) is 4.74 Å². The van der Waals surface area contributed by atoms with Gasteiger partial charge in [0, 0.05) is 30.4 Å². The summed E-state index contributed by atoms with van der Waals surface area (Å²) < 4.78 is 44.8. The molecule has 1 unspecified atom stereocenters. The van der Waals surface area contributed by atoms with E-state index in [1.54, 1.807) is 6.92 Å². The van der Waals surface area contributed by atoms with Gasteiger partial charge in [0.05, 0.1) is 15.7 Å². The van der Waals surface area contributed by atoms with Gasteiger partial charge in [-0.15, -0.1) is 0 Å². The smallest absolute Gasteiger partial charge is 0.310 e. The highest BCUT2D eigenvalue weighted by Gasteiger charge is 2.34. The van der Waals surface area contributed by atoms with Crippen LogP contribution < -0.4 is 5.32 Å². The van der Waals surface area contributed by atoms with Crippen molar-refractivity contribution >= 4 is 33.3 Å². The van der Waals surface area contributed by atoms with Gasteiger partial charge in [0.2, 0.25) is 10.0 Å². The van der Waals surface area contributed by atoms with Gasteiger partial charge in [0.15, 0.2) is 6.61 Å². The molecule has 2 aromatic carbocycles. The topological polar surface area (TPSA) is 136 Å². The first-order valence-corrected chi connectivity index (χ1v) is 11.5. The number of benzene rings is 2. The number of nitro groups is 1. The van der Waals surface area contributed by atoms with E-state index in [1.807, 2.05) is 0 Å². The van der Waals surface area contributed by atoms with Crippen molar-refractivity contribution in [2.24, 2.45) is 5.92 Å². The number of ether oxygens (including phenoxy) is 1. The number of halogens is 1. The Morgan fingerprint density at radius 3 is 2.61 bits per heavy atom. The van der Waals surface area contributed by atoms with Crippen LogP contribution in [0.1, 0.15) is 18.4 Å². The number of piperidine rings is 1. The number of nitrogens with one attached hydrogen (secondary N) is 1. The van der Waals surface area contributed by atoms with E-state index in [9.17, 15) is 32.5 Å². The molecule has 0 aliphatic carbocycles. The predicted molar refractivity (Wildman–Crippen MR) is 115 cm³/mol. The number of hydrogen-bond acceptors (Lipinski definition) is 7. The third-order valence-corrected chi connectivity index (χ3v) is 7.08. The van der Waals surface area contributed by atoms with Crippen LogP contribution in [0.3, 0.4) is 0 Å². The minimum absolute atomic E-state index is 0.0792. The van der Waals surface area contributed by atoms with Crippen molar-refractivity contribution < 1.29 is 32.1 Å². The molecule has 1 heterocycles. The molecule has 0 aromatic heterocycles. The molecule has 0 radical (unpaired) electrons. The average Bonchev–Trinajstić information content (AvgIpc) is 2.79. The molecular weight excluding hydrogens is 457 g/mol. The number of rotatable bonds is 7. The normalized spacial score (nSPS) is 16.7. The van der Waals surface area contributed by atoms with Gasteiger partial charge in [0.1, 0.15) is 5.82 Å². The number of carbonyl (C=O) groups excluding carboxylic acids is 2. The number of anilines is 1. The third kappa shape index (κ3) is 5.90. The minimum atomic E-state index is -3.91. The van der Waals surface area contributed by atoms with E-state index in [0.29, 0.717) is 18.4 Å². The van der Waals surface area contributed by atoms with Crippen molar-refractivity contribution in [2.75, 3.05) is 25.0 Å². The van der Waals surface area contributed by atoms with Crippen LogP contribution >= 0.6 is 0 Å². The second kappa shape index (κ2) is 10.0. The molecule has 12 heteroatoms. The highest BCUT2D eigenvalue weighted by molar-refractivity contribution is 7.89. The van der Waals surface area contributed by atoms with E-state index < -0.39 is 45.2 Å². The van der Waals surface area contributed by atoms with E-state index in [1.165, 1.54) is 18.2 Å². The van der Waals surface area contributed by atoms with E-state index in [-0.39, 0.29) is 29.4 Å². The van der Waals surface area contributed by atoms with Crippen molar-refractivity contribution in [1.29, 1.82) is 0 Å². The molecule has 33 heavy (non-hydrogen) atoms. The molecule has 1 atom stereocenters. The summed E-state index contributed by atoms with van der Waals surface area (Å²) in [7, 11) is -3.91. The van der Waals surface area contributed by atoms with Crippen LogP contribution in [-0.2, 0) is 24.3 Å². The van der Waals surface area contributed by atoms with Gasteiger partial charge in [-0.1, -0.05) is 6.07 Å². The van der Waals surface area contributed by atoms with E-state index in [2.05, 4.69) is 5.32 Å². The van der Waals surface area contributed by atoms with Crippen LogP contribution in [0.15, 0.2) is 47.4 Å². The zero-order valence-electron chi connectivity index (χ0n) is 17.7. The molecule has 3 rings (SSSR count). The van der Waals surface area contributed by atoms with E-state index in [0.717, 1.165) is 28.6 Å². The molecule has 1 N–H and O–H groups in total. The molecule has 2 aromatic rings. The first-order valence-electron chi connectivity index (χ1n) is 10.0. The summed E-state index contributed by atoms with van der Waals surface area (Å²) in [6.07, 6.45) is 0.805. The second-order valence-corrected chi connectivity index (χ2v) is 9.51. The number of hydrogen-bond donors (Lipinski definition) is 1. The molecule has 0 bridgehead atoms. The fourth-order valence-electron chi connectivity index (χ4n) is 3.44. The number of nitro benzene ring substituents is 1. The lowest BCUT2D eigenvalue weighted by Gasteiger charge is -2.30. The molecule has 1 aliphatic heterocycles. The lowest BCUT2D eigenvalue weighted by atomic mass is 10.00. The fraction of sp³-hybridized carbons (Fsp3) is 0.333. The van der Waals surface area contributed by atoms with Crippen LogP contribution in [0.5, 0.6) is 0 Å². The molecule has 1 fully saturated rings. The molecule has 0 saturated carbocycles. The van der Waals surface area contributed by atoms with Crippen molar-refractivity contribution in [3.8, 4) is 0 Å². The van der Waals surface area contributed by atoms with Crippen LogP contribution in [0.4, 0.5) is 15.8 Å². The highest BCUT2D eigenvalue weighted by Crippen LogP contribution is 2.25. The van der Waals surface area contributed by atoms with Gasteiger partial charge in [-0.25, -0.2) is 12.8 Å². The number of carbonyl (C=O) groups is 2. The zero-order chi connectivity index (χ0) is 24.2. The Balaban J connectivity index is 1.57. The zero-order valence-corrected chi connectivity index (χ0v) is 18.5. The van der Waals surface area contributed by atoms with Crippen LogP contribution in [0.25, 0.3) is 0 Å². The van der Waals surface area contributed by atoms with Crippen LogP contribution in [0.2, 0.25) is 0 Å². The largest absolute Gasteiger partial charge is 0.455 e. The number of sulfonamides is 1. The summed E-state index contributed by atoms with van der Waals surface area (Å²) in [5.41, 5.74) is 0.457. The summed E-state index contributed by atoms with van der Waals surface area (Å²) in [4.78, 5) is 34.9. The van der Waals surface area contributed by atoms with Gasteiger partial charge in [-0.3, -0.25) is 19.7 Å². The Bertz CT molecular complexity index is 1170. The monoisotopic (exact) mass is 479 g/mol. The summed E-state index contributed by atoms with van der Waals surface area (Å²) in [5.74, 6) is -2.73. The average molecular weight is 479 g/mol. The van der Waals surface area contributed by atoms with Crippen molar-refractivity contribution in [1.82, 2.24) is 4.31 Å². The second-order valence-electron chi connectivity index (χ2n) is 7.57. The molecule has 10 nitrogen and oxygen atoms in total. The Morgan fingerprint density at radius 2 is 1.94 bits per heavy atom. The Hall–Kier alpha value is -3.38. The minimum Gasteiger partial charge on any atom is -0.455 e. The fourth-order valence-corrected chi connectivity index (χ4v) is 4.97. The first kappa shape index (κ1) is 24.3. The maximum Gasteiger partial charge on any atom is 0.310 e. The lowest BCUT2D eigenvalue weighted by Crippen LogP contribution is -2.43. The standard InChI is InChI=1S/C21H22FN3O7S/c1-14-4-7-17(11-19(14)25(28)29)23-20(26)13-32-21(27)15-3-2-10-24(12-15)33(30,31)18-8-5-16(22)6-9-18/h4-9,11,15H,2-3,10,12-13H2,1H3,(H,23,26). The summed E-state index contributed by atoms with van der Waals surface area (Å²) in [6, 6.07) is 8.58. The SMILES string of the molecule is Cc1ccc(NC(=O)COC(=O)C2CCCN(S(=O)(=O)c3ccc(F)cc3)C2)cc1[N+](=O)[O-]. The maximum atomic E-state index is 13.1. The summed E-state index contributed by atoms with van der Waals surface area (Å²) in [6.45, 7) is 1.03. The Kier molecular flexibility index (Phi) is 7.39. The molecular formula is C21H22FN3O7S.